The summed E-state index contributed by atoms with van der Waals surface area (Å²) in [5.41, 5.74) is 1.38. The summed E-state index contributed by atoms with van der Waals surface area (Å²) in [6.45, 7) is 5.58. The summed E-state index contributed by atoms with van der Waals surface area (Å²) in [6.07, 6.45) is 10.2. The van der Waals surface area contributed by atoms with Crippen molar-refractivity contribution in [3.63, 3.8) is 0 Å². The van der Waals surface area contributed by atoms with Crippen molar-refractivity contribution in [2.75, 3.05) is 37.6 Å². The lowest BCUT2D eigenvalue weighted by atomic mass is 9.81. The monoisotopic (exact) mass is 496 g/mol. The number of benzene rings is 1. The fraction of sp³-hybridized carbons (Fsp3) is 0.462. The van der Waals surface area contributed by atoms with Crippen LogP contribution >= 0.6 is 11.3 Å². The van der Waals surface area contributed by atoms with Gasteiger partial charge in [0, 0.05) is 60.6 Å². The number of hydrogen-bond acceptors (Lipinski definition) is 6. The molecule has 5 rings (SSSR count). The second-order valence-electron chi connectivity index (χ2n) is 9.43. The Morgan fingerprint density at radius 1 is 1.03 bits per heavy atom. The lowest BCUT2D eigenvalue weighted by Crippen LogP contribution is -2.47. The first-order chi connectivity index (χ1) is 16.6. The van der Waals surface area contributed by atoms with E-state index < -0.39 is 10.0 Å². The van der Waals surface area contributed by atoms with Gasteiger partial charge in [0.15, 0.2) is 0 Å². The van der Waals surface area contributed by atoms with Crippen LogP contribution in [-0.4, -0.2) is 57.2 Å². The molecule has 2 fully saturated rings. The molecule has 180 valence electrons. The molecule has 3 aromatic rings. The normalized spacial score (nSPS) is 22.5. The summed E-state index contributed by atoms with van der Waals surface area (Å²) in [6, 6.07) is 12.1. The van der Waals surface area contributed by atoms with Gasteiger partial charge in [0.25, 0.3) is 10.0 Å². The summed E-state index contributed by atoms with van der Waals surface area (Å²) < 4.78 is 30.0. The number of anilines is 1. The minimum absolute atomic E-state index is 0.159. The van der Waals surface area contributed by atoms with Gasteiger partial charge in [-0.1, -0.05) is 6.07 Å². The minimum Gasteiger partial charge on any atom is -0.368 e. The van der Waals surface area contributed by atoms with Crippen LogP contribution in [0.2, 0.25) is 0 Å². The Morgan fingerprint density at radius 3 is 2.62 bits per heavy atom. The van der Waals surface area contributed by atoms with Gasteiger partial charge in [-0.15, -0.1) is 11.3 Å². The van der Waals surface area contributed by atoms with Crippen LogP contribution in [0, 0.1) is 11.8 Å². The minimum atomic E-state index is -3.63. The van der Waals surface area contributed by atoms with Crippen LogP contribution < -0.4 is 4.90 Å². The Bertz CT molecular complexity index is 1210. The molecule has 0 bridgehead atoms. The van der Waals surface area contributed by atoms with Crippen molar-refractivity contribution in [2.24, 2.45) is 16.2 Å². The summed E-state index contributed by atoms with van der Waals surface area (Å²) in [5.74, 6) is 0.989. The van der Waals surface area contributed by atoms with E-state index in [1.54, 1.807) is 24.5 Å². The van der Waals surface area contributed by atoms with Crippen LogP contribution in [0.5, 0.6) is 0 Å². The number of piperazine rings is 1. The van der Waals surface area contributed by atoms with Crippen LogP contribution in [0.4, 0.5) is 5.69 Å². The van der Waals surface area contributed by atoms with E-state index in [4.69, 9.17) is 0 Å². The average molecular weight is 497 g/mol. The van der Waals surface area contributed by atoms with Crippen LogP contribution in [0.1, 0.15) is 32.1 Å². The van der Waals surface area contributed by atoms with Crippen molar-refractivity contribution in [1.82, 2.24) is 9.88 Å². The van der Waals surface area contributed by atoms with Gasteiger partial charge in [-0.25, -0.2) is 0 Å². The molecule has 0 spiro atoms. The topological polar surface area (TPSA) is 65.9 Å². The van der Waals surface area contributed by atoms with Gasteiger partial charge in [0.1, 0.15) is 4.90 Å². The van der Waals surface area contributed by atoms with Crippen molar-refractivity contribution in [3.05, 3.63) is 54.2 Å². The Labute approximate surface area is 206 Å². The number of pyridine rings is 1. The van der Waals surface area contributed by atoms with Gasteiger partial charge in [0.2, 0.25) is 0 Å². The Morgan fingerprint density at radius 2 is 1.85 bits per heavy atom. The SMILES string of the molecule is O=S(=O)(/N=C/C1CCC(CCN2CCN(c3cccc4sccc34)CC2)CC1)c1cccnc1. The Kier molecular flexibility index (Phi) is 7.27. The van der Waals surface area contributed by atoms with Gasteiger partial charge < -0.3 is 4.90 Å². The highest BCUT2D eigenvalue weighted by Gasteiger charge is 2.23. The van der Waals surface area contributed by atoms with E-state index >= 15 is 0 Å². The highest BCUT2D eigenvalue weighted by molar-refractivity contribution is 7.90. The molecule has 1 saturated carbocycles. The molecule has 1 saturated heterocycles. The van der Waals surface area contributed by atoms with Gasteiger partial charge in [0.05, 0.1) is 0 Å². The number of sulfonamides is 1. The first-order valence-corrected chi connectivity index (χ1v) is 14.5. The fourth-order valence-electron chi connectivity index (χ4n) is 5.18. The summed E-state index contributed by atoms with van der Waals surface area (Å²) >= 11 is 1.82. The summed E-state index contributed by atoms with van der Waals surface area (Å²) in [4.78, 5) is 9.19. The van der Waals surface area contributed by atoms with Crippen LogP contribution in [0.3, 0.4) is 0 Å². The molecule has 0 atom stereocenters. The van der Waals surface area contributed by atoms with Crippen molar-refractivity contribution < 1.29 is 8.42 Å². The smallest absolute Gasteiger partial charge is 0.283 e. The maximum absolute atomic E-state index is 12.3. The molecule has 0 N–H and O–H groups in total. The first kappa shape index (κ1) is 23.5. The lowest BCUT2D eigenvalue weighted by Gasteiger charge is -2.37. The van der Waals surface area contributed by atoms with E-state index in [9.17, 15) is 8.42 Å². The molecule has 0 radical (unpaired) electrons. The molecule has 0 unspecified atom stereocenters. The van der Waals surface area contributed by atoms with E-state index in [1.165, 1.54) is 28.4 Å². The molecule has 1 aliphatic carbocycles. The van der Waals surface area contributed by atoms with Crippen LogP contribution in [0.15, 0.2) is 63.5 Å². The van der Waals surface area contributed by atoms with E-state index in [1.807, 2.05) is 11.3 Å². The molecule has 1 aromatic carbocycles. The second-order valence-corrected chi connectivity index (χ2v) is 12.0. The molecule has 1 aliphatic heterocycles. The second kappa shape index (κ2) is 10.5. The predicted molar refractivity (Wildman–Crippen MR) is 140 cm³/mol. The van der Waals surface area contributed by atoms with Crippen molar-refractivity contribution in [3.8, 4) is 0 Å². The lowest BCUT2D eigenvalue weighted by molar-refractivity contribution is 0.216. The zero-order valence-electron chi connectivity index (χ0n) is 19.4. The highest BCUT2D eigenvalue weighted by atomic mass is 32.2. The van der Waals surface area contributed by atoms with Crippen molar-refractivity contribution in [2.45, 2.75) is 37.0 Å². The molecule has 2 aromatic heterocycles. The molecule has 3 heterocycles. The third kappa shape index (κ3) is 5.50. The fourth-order valence-corrected chi connectivity index (χ4v) is 6.89. The maximum atomic E-state index is 12.3. The Balaban J connectivity index is 1.05. The molecule has 2 aliphatic rings. The molecule has 0 amide bonds. The largest absolute Gasteiger partial charge is 0.368 e. The first-order valence-electron chi connectivity index (χ1n) is 12.2. The molecule has 8 heteroatoms. The number of nitrogens with zero attached hydrogens (tertiary/aromatic N) is 4. The van der Waals surface area contributed by atoms with Gasteiger partial charge >= 0.3 is 0 Å². The standard InChI is InChI=1S/C26H32N4O2S2/c31-34(32,23-3-2-12-27-20-23)28-19-22-8-6-21(7-9-22)10-13-29-14-16-30(17-15-29)25-4-1-5-26-24(25)11-18-33-26/h1-5,11-12,18-22H,6-10,13-17H2/b28-19+. The molecular weight excluding hydrogens is 464 g/mol. The molecular formula is C26H32N4O2S2. The molecule has 34 heavy (non-hydrogen) atoms. The van der Waals surface area contributed by atoms with Gasteiger partial charge in [-0.2, -0.15) is 12.8 Å². The van der Waals surface area contributed by atoms with E-state index in [2.05, 4.69) is 48.8 Å². The van der Waals surface area contributed by atoms with E-state index in [0.29, 0.717) is 0 Å². The number of thiophene rings is 1. The number of aromatic nitrogens is 1. The van der Waals surface area contributed by atoms with Gasteiger partial charge in [-0.05, 0) is 86.2 Å². The van der Waals surface area contributed by atoms with Crippen LogP contribution in [-0.2, 0) is 10.0 Å². The third-order valence-corrected chi connectivity index (χ3v) is 9.39. The third-order valence-electron chi connectivity index (χ3n) is 7.27. The summed E-state index contributed by atoms with van der Waals surface area (Å²) in [5, 5.41) is 3.57. The van der Waals surface area contributed by atoms with Crippen molar-refractivity contribution in [1.29, 1.82) is 0 Å². The van der Waals surface area contributed by atoms with E-state index in [0.717, 1.165) is 64.3 Å². The van der Waals surface area contributed by atoms with Crippen molar-refractivity contribution >= 4 is 43.3 Å². The summed E-state index contributed by atoms with van der Waals surface area (Å²) in [7, 11) is -3.63. The molecule has 6 nitrogen and oxygen atoms in total. The zero-order chi connectivity index (χ0) is 23.4. The quantitative estimate of drug-likeness (QED) is 0.427. The zero-order valence-corrected chi connectivity index (χ0v) is 21.1. The highest BCUT2D eigenvalue weighted by Crippen LogP contribution is 2.32. The predicted octanol–water partition coefficient (Wildman–Crippen LogP) is 5.07. The van der Waals surface area contributed by atoms with Crippen LogP contribution in [0.25, 0.3) is 10.1 Å². The number of hydrogen-bond donors (Lipinski definition) is 0. The number of fused-ring (bicyclic) bond motifs is 1. The van der Waals surface area contributed by atoms with Gasteiger partial charge in [-0.3, -0.25) is 9.88 Å². The average Bonchev–Trinajstić information content (AvgIpc) is 3.37. The van der Waals surface area contributed by atoms with E-state index in [-0.39, 0.29) is 10.8 Å². The Hall–Kier alpha value is -2.29. The number of rotatable bonds is 7. The maximum Gasteiger partial charge on any atom is 0.283 e.